The molecule has 1 unspecified atom stereocenters. The molecule has 1 heterocycles. The summed E-state index contributed by atoms with van der Waals surface area (Å²) in [5, 5.41) is 3.21. The van der Waals surface area contributed by atoms with E-state index >= 15 is 0 Å². The number of nitrogens with zero attached hydrogens (tertiary/aromatic N) is 1. The topological polar surface area (TPSA) is 83.8 Å². The van der Waals surface area contributed by atoms with Crippen molar-refractivity contribution in [2.45, 2.75) is 33.1 Å². The van der Waals surface area contributed by atoms with Crippen LogP contribution in [0.2, 0.25) is 0 Å². The molecule has 0 aliphatic rings. The van der Waals surface area contributed by atoms with Gasteiger partial charge in [-0.05, 0) is 32.2 Å². The first-order chi connectivity index (χ1) is 8.15. The van der Waals surface area contributed by atoms with Gasteiger partial charge in [0, 0.05) is 12.6 Å². The first-order valence-corrected chi connectivity index (χ1v) is 6.17. The van der Waals surface area contributed by atoms with Crippen LogP contribution in [0.1, 0.15) is 32.0 Å². The highest BCUT2D eigenvalue weighted by atomic mass is 16.1. The van der Waals surface area contributed by atoms with E-state index in [4.69, 9.17) is 5.73 Å². The van der Waals surface area contributed by atoms with Crippen molar-refractivity contribution >= 4 is 5.82 Å². The second kappa shape index (κ2) is 7.06. The van der Waals surface area contributed by atoms with E-state index < -0.39 is 0 Å². The van der Waals surface area contributed by atoms with Crippen molar-refractivity contribution in [3.8, 4) is 0 Å². The number of aromatic nitrogens is 2. The fourth-order valence-corrected chi connectivity index (χ4v) is 1.91. The predicted octanol–water partition coefficient (Wildman–Crippen LogP) is 1.26. The molecule has 1 atom stereocenters. The van der Waals surface area contributed by atoms with Gasteiger partial charge < -0.3 is 16.0 Å². The largest absolute Gasteiger partial charge is 0.370 e. The van der Waals surface area contributed by atoms with Crippen molar-refractivity contribution in [3.63, 3.8) is 0 Å². The molecule has 0 aromatic carbocycles. The van der Waals surface area contributed by atoms with Crippen LogP contribution in [0.15, 0.2) is 10.9 Å². The van der Waals surface area contributed by atoms with E-state index in [0.29, 0.717) is 24.1 Å². The van der Waals surface area contributed by atoms with E-state index in [9.17, 15) is 4.79 Å². The Bertz CT molecular complexity index is 382. The van der Waals surface area contributed by atoms with E-state index in [1.807, 2.05) is 0 Å². The van der Waals surface area contributed by atoms with Crippen molar-refractivity contribution in [2.75, 3.05) is 18.4 Å². The van der Waals surface area contributed by atoms with Gasteiger partial charge >= 0.3 is 0 Å². The minimum Gasteiger partial charge on any atom is -0.370 e. The third-order valence-electron chi connectivity index (χ3n) is 2.70. The van der Waals surface area contributed by atoms with Gasteiger partial charge in [-0.15, -0.1) is 0 Å². The fourth-order valence-electron chi connectivity index (χ4n) is 1.91. The molecule has 1 aromatic rings. The summed E-state index contributed by atoms with van der Waals surface area (Å²) < 4.78 is 0. The maximum absolute atomic E-state index is 11.3. The van der Waals surface area contributed by atoms with Crippen LogP contribution in [0.3, 0.4) is 0 Å². The predicted molar refractivity (Wildman–Crippen MR) is 70.2 cm³/mol. The summed E-state index contributed by atoms with van der Waals surface area (Å²) >= 11 is 0. The number of rotatable bonds is 7. The maximum Gasteiger partial charge on any atom is 0.252 e. The lowest BCUT2D eigenvalue weighted by atomic mass is 10.00. The van der Waals surface area contributed by atoms with Crippen LogP contribution in [-0.2, 0) is 0 Å². The summed E-state index contributed by atoms with van der Waals surface area (Å²) in [5.74, 6) is 1.82. The lowest BCUT2D eigenvalue weighted by Gasteiger charge is -2.16. The summed E-state index contributed by atoms with van der Waals surface area (Å²) in [6.45, 7) is 5.46. The number of nitrogens with one attached hydrogen (secondary N) is 2. The molecule has 0 fully saturated rings. The second-order valence-electron chi connectivity index (χ2n) is 4.33. The van der Waals surface area contributed by atoms with Crippen LogP contribution in [0.25, 0.3) is 0 Å². The van der Waals surface area contributed by atoms with Gasteiger partial charge in [-0.1, -0.05) is 13.3 Å². The Hall–Kier alpha value is -1.36. The van der Waals surface area contributed by atoms with Gasteiger partial charge in [0.1, 0.15) is 11.6 Å². The van der Waals surface area contributed by atoms with Gasteiger partial charge in [-0.2, -0.15) is 0 Å². The summed E-state index contributed by atoms with van der Waals surface area (Å²) in [5.41, 5.74) is 5.46. The van der Waals surface area contributed by atoms with E-state index in [1.54, 1.807) is 6.92 Å². The average Bonchev–Trinajstić information content (AvgIpc) is 2.25. The van der Waals surface area contributed by atoms with Crippen molar-refractivity contribution < 1.29 is 0 Å². The number of hydrogen-bond donors (Lipinski definition) is 3. The molecule has 0 saturated heterocycles. The van der Waals surface area contributed by atoms with Gasteiger partial charge in [0.15, 0.2) is 0 Å². The molecule has 0 amide bonds. The van der Waals surface area contributed by atoms with Crippen molar-refractivity contribution in [3.05, 3.63) is 22.2 Å². The molecule has 4 N–H and O–H groups in total. The third-order valence-corrected chi connectivity index (χ3v) is 2.70. The van der Waals surface area contributed by atoms with Crippen LogP contribution in [0, 0.1) is 12.8 Å². The molecule has 0 radical (unpaired) electrons. The molecule has 5 nitrogen and oxygen atoms in total. The fraction of sp³-hybridized carbons (Fsp3) is 0.667. The molecule has 5 heteroatoms. The van der Waals surface area contributed by atoms with Gasteiger partial charge in [-0.25, -0.2) is 4.98 Å². The second-order valence-corrected chi connectivity index (χ2v) is 4.33. The van der Waals surface area contributed by atoms with E-state index in [2.05, 4.69) is 22.2 Å². The lowest BCUT2D eigenvalue weighted by Crippen LogP contribution is -2.20. The molecule has 0 bridgehead atoms. The van der Waals surface area contributed by atoms with Crippen molar-refractivity contribution in [2.24, 2.45) is 11.7 Å². The SMILES string of the molecule is CCCC(CCN)CNc1cc(=O)[nH]c(C)n1. The Morgan fingerprint density at radius 2 is 2.29 bits per heavy atom. The lowest BCUT2D eigenvalue weighted by molar-refractivity contribution is 0.473. The van der Waals surface area contributed by atoms with Gasteiger partial charge in [-0.3, -0.25) is 4.79 Å². The number of aromatic amines is 1. The molecule has 0 aliphatic carbocycles. The van der Waals surface area contributed by atoms with E-state index in [0.717, 1.165) is 25.8 Å². The normalized spacial score (nSPS) is 12.4. The highest BCUT2D eigenvalue weighted by molar-refractivity contribution is 5.32. The third kappa shape index (κ3) is 4.99. The van der Waals surface area contributed by atoms with Crippen molar-refractivity contribution in [1.82, 2.24) is 9.97 Å². The van der Waals surface area contributed by atoms with Crippen LogP contribution >= 0.6 is 0 Å². The standard InChI is InChI=1S/C12H22N4O/c1-3-4-10(5-6-13)8-14-11-7-12(17)16-9(2)15-11/h7,10H,3-6,8,13H2,1-2H3,(H2,14,15,16,17). The number of aryl methyl sites for hydroxylation is 1. The molecule has 0 saturated carbocycles. The van der Waals surface area contributed by atoms with Gasteiger partial charge in [0.25, 0.3) is 5.56 Å². The molecule has 0 aliphatic heterocycles. The molecule has 0 spiro atoms. The summed E-state index contributed by atoms with van der Waals surface area (Å²) in [4.78, 5) is 18.1. The zero-order valence-electron chi connectivity index (χ0n) is 10.6. The Morgan fingerprint density at radius 3 is 2.88 bits per heavy atom. The molecular weight excluding hydrogens is 216 g/mol. The summed E-state index contributed by atoms with van der Waals surface area (Å²) in [6, 6.07) is 1.48. The molecule has 1 rings (SSSR count). The monoisotopic (exact) mass is 238 g/mol. The van der Waals surface area contributed by atoms with Crippen LogP contribution in [0.4, 0.5) is 5.82 Å². The molecule has 96 valence electrons. The van der Waals surface area contributed by atoms with Gasteiger partial charge in [0.05, 0.1) is 0 Å². The zero-order chi connectivity index (χ0) is 12.7. The molecule has 17 heavy (non-hydrogen) atoms. The van der Waals surface area contributed by atoms with Crippen LogP contribution in [0.5, 0.6) is 0 Å². The first kappa shape index (κ1) is 13.7. The highest BCUT2D eigenvalue weighted by Gasteiger charge is 2.07. The van der Waals surface area contributed by atoms with Gasteiger partial charge in [0.2, 0.25) is 0 Å². The number of nitrogens with two attached hydrogens (primary N) is 1. The minimum absolute atomic E-state index is 0.120. The van der Waals surface area contributed by atoms with Crippen molar-refractivity contribution in [1.29, 1.82) is 0 Å². The quantitative estimate of drug-likeness (QED) is 0.667. The molecular formula is C12H22N4O. The summed E-state index contributed by atoms with van der Waals surface area (Å²) in [6.07, 6.45) is 3.30. The van der Waals surface area contributed by atoms with Crippen LogP contribution < -0.4 is 16.6 Å². The summed E-state index contributed by atoms with van der Waals surface area (Å²) in [7, 11) is 0. The highest BCUT2D eigenvalue weighted by Crippen LogP contribution is 2.11. The van der Waals surface area contributed by atoms with E-state index in [-0.39, 0.29) is 5.56 Å². The van der Waals surface area contributed by atoms with E-state index in [1.165, 1.54) is 6.07 Å². The number of anilines is 1. The Morgan fingerprint density at radius 1 is 1.53 bits per heavy atom. The van der Waals surface area contributed by atoms with Crippen LogP contribution in [-0.4, -0.2) is 23.1 Å². The Labute approximate surface area is 102 Å². The first-order valence-electron chi connectivity index (χ1n) is 6.17. The maximum atomic E-state index is 11.3. The number of hydrogen-bond acceptors (Lipinski definition) is 4. The minimum atomic E-state index is -0.120. The molecule has 1 aromatic heterocycles. The Kier molecular flexibility index (Phi) is 5.69. The smallest absolute Gasteiger partial charge is 0.252 e. The average molecular weight is 238 g/mol. The number of H-pyrrole nitrogens is 1. The Balaban J connectivity index is 2.55. The zero-order valence-corrected chi connectivity index (χ0v) is 10.6.